The van der Waals surface area contributed by atoms with E-state index in [0.717, 1.165) is 18.3 Å². The lowest BCUT2D eigenvalue weighted by atomic mass is 9.40. The first kappa shape index (κ1) is 14.3. The Morgan fingerprint density at radius 3 is 2.68 bits per heavy atom. The topological polar surface area (TPSA) is 29.5 Å². The molecule has 2 heteroatoms. The second-order valence-corrected chi connectivity index (χ2v) is 10.5. The molecule has 7 atom stereocenters. The highest BCUT2D eigenvalue weighted by atomic mass is 16.5. The van der Waals surface area contributed by atoms with E-state index in [9.17, 15) is 5.11 Å². The predicted octanol–water partition coefficient (Wildman–Crippen LogP) is 4.16. The third-order valence-corrected chi connectivity index (χ3v) is 9.17. The lowest BCUT2D eigenvalue weighted by Gasteiger charge is -2.66. The summed E-state index contributed by atoms with van der Waals surface area (Å²) in [4.78, 5) is 0. The number of ether oxygens (including phenoxy) is 1. The number of hydrogen-bond acceptors (Lipinski definition) is 2. The molecule has 22 heavy (non-hydrogen) atoms. The molecule has 0 amide bonds. The van der Waals surface area contributed by atoms with Gasteiger partial charge in [-0.05, 0) is 78.9 Å². The average molecular weight is 304 g/mol. The van der Waals surface area contributed by atoms with Crippen LogP contribution in [0.4, 0.5) is 0 Å². The number of rotatable bonds is 1. The fourth-order valence-corrected chi connectivity index (χ4v) is 8.77. The van der Waals surface area contributed by atoms with Crippen molar-refractivity contribution in [2.75, 3.05) is 6.61 Å². The van der Waals surface area contributed by atoms with Crippen LogP contribution >= 0.6 is 0 Å². The molecule has 2 heterocycles. The second-order valence-electron chi connectivity index (χ2n) is 10.5. The zero-order valence-corrected chi connectivity index (χ0v) is 14.5. The second kappa shape index (κ2) is 3.94. The van der Waals surface area contributed by atoms with Crippen LogP contribution in [0, 0.1) is 34.0 Å². The molecule has 0 unspecified atom stereocenters. The molecule has 0 aromatic heterocycles. The van der Waals surface area contributed by atoms with E-state index in [-0.39, 0.29) is 12.2 Å². The van der Waals surface area contributed by atoms with Gasteiger partial charge in [0.2, 0.25) is 0 Å². The fourth-order valence-electron chi connectivity index (χ4n) is 8.77. The van der Waals surface area contributed by atoms with Gasteiger partial charge >= 0.3 is 0 Å². The summed E-state index contributed by atoms with van der Waals surface area (Å²) in [5.41, 5.74) is 1.34. The van der Waals surface area contributed by atoms with Gasteiger partial charge in [-0.1, -0.05) is 27.2 Å². The summed E-state index contributed by atoms with van der Waals surface area (Å²) in [6.45, 7) is 7.92. The molecule has 1 N–H and O–H groups in total. The van der Waals surface area contributed by atoms with Crippen LogP contribution in [0.15, 0.2) is 0 Å². The average Bonchev–Trinajstić information content (AvgIpc) is 2.82. The molecule has 124 valence electrons. The maximum Gasteiger partial charge on any atom is 0.0950 e. The van der Waals surface area contributed by atoms with Crippen molar-refractivity contribution in [1.29, 1.82) is 0 Å². The van der Waals surface area contributed by atoms with Crippen LogP contribution in [0.2, 0.25) is 0 Å². The van der Waals surface area contributed by atoms with E-state index >= 15 is 0 Å². The predicted molar refractivity (Wildman–Crippen MR) is 86.4 cm³/mol. The van der Waals surface area contributed by atoms with Gasteiger partial charge in [0.1, 0.15) is 0 Å². The van der Waals surface area contributed by atoms with Gasteiger partial charge in [0, 0.05) is 0 Å². The number of aliphatic hydroxyl groups excluding tert-OH is 1. The van der Waals surface area contributed by atoms with E-state index in [0.29, 0.717) is 28.3 Å². The molecule has 2 nitrogen and oxygen atoms in total. The molecule has 6 rings (SSSR count). The van der Waals surface area contributed by atoms with Crippen molar-refractivity contribution in [1.82, 2.24) is 0 Å². The van der Waals surface area contributed by atoms with Crippen molar-refractivity contribution >= 4 is 0 Å². The maximum atomic E-state index is 10.0. The SMILES string of the molecule is CC1(C)CCC[C@]2(C)[C@@H]1CC[C@]13C[C@H]4C[C@H](O[C@@]4(CO)C1)[C@H]32. The van der Waals surface area contributed by atoms with E-state index < -0.39 is 0 Å². The number of fused-ring (bicyclic) bond motifs is 1. The minimum atomic E-state index is -0.144. The van der Waals surface area contributed by atoms with Gasteiger partial charge < -0.3 is 9.84 Å². The zero-order valence-electron chi connectivity index (χ0n) is 14.5. The third kappa shape index (κ3) is 1.42. The van der Waals surface area contributed by atoms with Crippen LogP contribution in [-0.4, -0.2) is 23.4 Å². The van der Waals surface area contributed by atoms with Crippen LogP contribution in [0.3, 0.4) is 0 Å². The Balaban J connectivity index is 1.59. The fraction of sp³-hybridized carbons (Fsp3) is 1.00. The summed E-state index contributed by atoms with van der Waals surface area (Å²) in [6.07, 6.45) is 11.2. The molecule has 4 bridgehead atoms. The molecule has 4 saturated carbocycles. The first-order chi connectivity index (χ1) is 10.4. The summed E-state index contributed by atoms with van der Waals surface area (Å²) in [5, 5.41) is 10.0. The quantitative estimate of drug-likeness (QED) is 0.788. The van der Waals surface area contributed by atoms with E-state index in [1.165, 1.54) is 44.9 Å². The van der Waals surface area contributed by atoms with Gasteiger partial charge in [0.15, 0.2) is 0 Å². The molecule has 0 aromatic rings. The summed E-state index contributed by atoms with van der Waals surface area (Å²) in [6, 6.07) is 0. The van der Waals surface area contributed by atoms with Crippen molar-refractivity contribution in [2.24, 2.45) is 34.0 Å². The van der Waals surface area contributed by atoms with Crippen LogP contribution in [0.25, 0.3) is 0 Å². The Hall–Kier alpha value is -0.0800. The molecule has 6 aliphatic rings. The number of hydrogen-bond donors (Lipinski definition) is 1. The highest BCUT2D eigenvalue weighted by molar-refractivity contribution is 5.23. The Morgan fingerprint density at radius 2 is 1.95 bits per heavy atom. The van der Waals surface area contributed by atoms with Gasteiger partial charge in [-0.2, -0.15) is 0 Å². The van der Waals surface area contributed by atoms with Gasteiger partial charge in [-0.15, -0.1) is 0 Å². The Bertz CT molecular complexity index is 514. The molecule has 1 spiro atoms. The molecule has 0 aromatic carbocycles. The van der Waals surface area contributed by atoms with E-state index in [4.69, 9.17) is 4.74 Å². The van der Waals surface area contributed by atoms with Gasteiger partial charge in [-0.25, -0.2) is 0 Å². The monoisotopic (exact) mass is 304 g/mol. The summed E-state index contributed by atoms with van der Waals surface area (Å²) < 4.78 is 6.58. The van der Waals surface area contributed by atoms with E-state index in [1.54, 1.807) is 0 Å². The molecule has 2 aliphatic heterocycles. The maximum absolute atomic E-state index is 10.0. The first-order valence-corrected chi connectivity index (χ1v) is 9.64. The summed E-state index contributed by atoms with van der Waals surface area (Å²) in [5.74, 6) is 2.28. The highest BCUT2D eigenvalue weighted by Crippen LogP contribution is 2.76. The smallest absolute Gasteiger partial charge is 0.0950 e. The van der Waals surface area contributed by atoms with Crippen LogP contribution in [-0.2, 0) is 4.74 Å². The molecular formula is C20H32O2. The first-order valence-electron chi connectivity index (χ1n) is 9.64. The Labute approximate surface area is 135 Å². The Morgan fingerprint density at radius 1 is 1.14 bits per heavy atom. The van der Waals surface area contributed by atoms with Crippen molar-refractivity contribution < 1.29 is 9.84 Å². The van der Waals surface area contributed by atoms with Gasteiger partial charge in [0.05, 0.1) is 18.3 Å². The summed E-state index contributed by atoms with van der Waals surface area (Å²) >= 11 is 0. The van der Waals surface area contributed by atoms with Crippen molar-refractivity contribution in [3.63, 3.8) is 0 Å². The normalized spacial score (nSPS) is 61.1. The van der Waals surface area contributed by atoms with Crippen LogP contribution < -0.4 is 0 Å². The lowest BCUT2D eigenvalue weighted by Crippen LogP contribution is -2.61. The molecule has 6 fully saturated rings. The van der Waals surface area contributed by atoms with Crippen LogP contribution in [0.5, 0.6) is 0 Å². The standard InChI is InChI=1S/C20H32O2/c1-17(2)6-4-7-18(3)15(17)5-8-19-10-13-9-14(16(18)19)22-20(13,11-19)12-21/h13-16,21H,4-12H2,1-3H3/t13-,14+,15-,16+,18-,19+,20-/m1/s1. The summed E-state index contributed by atoms with van der Waals surface area (Å²) in [7, 11) is 0. The van der Waals surface area contributed by atoms with Crippen LogP contribution in [0.1, 0.15) is 72.1 Å². The molecular weight excluding hydrogens is 272 g/mol. The minimum absolute atomic E-state index is 0.144. The third-order valence-electron chi connectivity index (χ3n) is 9.17. The lowest BCUT2D eigenvalue weighted by molar-refractivity contribution is -0.233. The number of aliphatic hydroxyl groups is 1. The van der Waals surface area contributed by atoms with Gasteiger partial charge in [0.25, 0.3) is 0 Å². The largest absolute Gasteiger partial charge is 0.393 e. The van der Waals surface area contributed by atoms with E-state index in [1.807, 2.05) is 0 Å². The molecule has 2 saturated heterocycles. The van der Waals surface area contributed by atoms with Crippen molar-refractivity contribution in [3.05, 3.63) is 0 Å². The van der Waals surface area contributed by atoms with Gasteiger partial charge in [-0.3, -0.25) is 0 Å². The molecule has 4 aliphatic carbocycles. The Kier molecular flexibility index (Phi) is 2.56. The van der Waals surface area contributed by atoms with Crippen molar-refractivity contribution in [3.8, 4) is 0 Å². The zero-order chi connectivity index (χ0) is 15.4. The molecule has 0 radical (unpaired) electrons. The minimum Gasteiger partial charge on any atom is -0.393 e. The highest BCUT2D eigenvalue weighted by Gasteiger charge is 2.74. The van der Waals surface area contributed by atoms with E-state index in [2.05, 4.69) is 20.8 Å². The van der Waals surface area contributed by atoms with Crippen molar-refractivity contribution in [2.45, 2.75) is 83.8 Å².